The first kappa shape index (κ1) is 13.3. The number of pyridine rings is 1. The first-order valence-corrected chi connectivity index (χ1v) is 6.28. The number of aryl methyl sites for hydroxylation is 1. The molecule has 19 heavy (non-hydrogen) atoms. The molecule has 0 radical (unpaired) electrons. The summed E-state index contributed by atoms with van der Waals surface area (Å²) in [6, 6.07) is 3.60. The lowest BCUT2D eigenvalue weighted by atomic mass is 10.1. The summed E-state index contributed by atoms with van der Waals surface area (Å²) in [7, 11) is 1.56. The Morgan fingerprint density at radius 1 is 1.37 bits per heavy atom. The van der Waals surface area contributed by atoms with E-state index in [9.17, 15) is 4.79 Å². The van der Waals surface area contributed by atoms with Gasteiger partial charge in [-0.1, -0.05) is 13.0 Å². The number of ketones is 1. The summed E-state index contributed by atoms with van der Waals surface area (Å²) in [5.41, 5.74) is 0.858. The zero-order valence-electron chi connectivity index (χ0n) is 11.2. The van der Waals surface area contributed by atoms with E-state index in [1.54, 1.807) is 25.6 Å². The zero-order chi connectivity index (χ0) is 13.7. The number of rotatable bonds is 6. The van der Waals surface area contributed by atoms with Gasteiger partial charge in [-0.05, 0) is 12.0 Å². The molecule has 0 aliphatic heterocycles. The summed E-state index contributed by atoms with van der Waals surface area (Å²) in [4.78, 5) is 20.4. The average molecular weight is 259 g/mol. The topological polar surface area (TPSA) is 57.0 Å². The van der Waals surface area contributed by atoms with Crippen molar-refractivity contribution in [1.29, 1.82) is 0 Å². The number of hydrogen-bond donors (Lipinski definition) is 0. The largest absolute Gasteiger partial charge is 0.481 e. The quantitative estimate of drug-likeness (QED) is 0.746. The van der Waals surface area contributed by atoms with E-state index in [1.807, 2.05) is 16.8 Å². The van der Waals surface area contributed by atoms with Crippen LogP contribution in [0.1, 0.15) is 29.5 Å². The molecule has 0 saturated carbocycles. The summed E-state index contributed by atoms with van der Waals surface area (Å²) in [5.74, 6) is 1.06. The Hall–Kier alpha value is -2.17. The molecular formula is C14H17N3O2. The van der Waals surface area contributed by atoms with Crippen molar-refractivity contribution in [3.63, 3.8) is 0 Å². The van der Waals surface area contributed by atoms with Gasteiger partial charge in [0.15, 0.2) is 5.82 Å². The SMILES string of the molecule is CCCn1ccnc1C(=O)Cc1ccc(OC)nc1. The second-order valence-corrected chi connectivity index (χ2v) is 4.25. The number of ether oxygens (including phenoxy) is 1. The number of carbonyl (C=O) groups is 1. The fourth-order valence-corrected chi connectivity index (χ4v) is 1.88. The van der Waals surface area contributed by atoms with Crippen LogP contribution in [0.15, 0.2) is 30.7 Å². The van der Waals surface area contributed by atoms with Crippen LogP contribution in [0.25, 0.3) is 0 Å². The highest BCUT2D eigenvalue weighted by Gasteiger charge is 2.13. The zero-order valence-corrected chi connectivity index (χ0v) is 11.2. The van der Waals surface area contributed by atoms with E-state index in [0.717, 1.165) is 18.5 Å². The Morgan fingerprint density at radius 2 is 2.21 bits per heavy atom. The summed E-state index contributed by atoms with van der Waals surface area (Å²) in [6.07, 6.45) is 6.43. The number of Topliss-reactive ketones (excluding diaryl/α,β-unsaturated/α-hetero) is 1. The van der Waals surface area contributed by atoms with Crippen LogP contribution in [-0.4, -0.2) is 27.4 Å². The Labute approximate surface area is 112 Å². The Kier molecular flexibility index (Phi) is 4.28. The van der Waals surface area contributed by atoms with Crippen molar-refractivity contribution in [2.75, 3.05) is 7.11 Å². The highest BCUT2D eigenvalue weighted by atomic mass is 16.5. The third-order valence-electron chi connectivity index (χ3n) is 2.80. The summed E-state index contributed by atoms with van der Waals surface area (Å²) in [5, 5.41) is 0. The third kappa shape index (κ3) is 3.19. The van der Waals surface area contributed by atoms with E-state index >= 15 is 0 Å². The van der Waals surface area contributed by atoms with Gasteiger partial charge >= 0.3 is 0 Å². The predicted molar refractivity (Wildman–Crippen MR) is 71.3 cm³/mol. The maximum absolute atomic E-state index is 12.2. The second-order valence-electron chi connectivity index (χ2n) is 4.25. The van der Waals surface area contributed by atoms with Gasteiger partial charge in [-0.25, -0.2) is 9.97 Å². The highest BCUT2D eigenvalue weighted by Crippen LogP contribution is 2.10. The van der Waals surface area contributed by atoms with Crippen LogP contribution in [0.4, 0.5) is 0 Å². The molecule has 0 N–H and O–H groups in total. The molecule has 2 rings (SSSR count). The van der Waals surface area contributed by atoms with E-state index < -0.39 is 0 Å². The molecule has 2 aromatic heterocycles. The van der Waals surface area contributed by atoms with Crippen LogP contribution in [0.5, 0.6) is 5.88 Å². The van der Waals surface area contributed by atoms with Gasteiger partial charge in [0.1, 0.15) is 0 Å². The predicted octanol–water partition coefficient (Wildman–Crippen LogP) is 2.12. The van der Waals surface area contributed by atoms with Crippen LogP contribution in [-0.2, 0) is 13.0 Å². The molecule has 0 atom stereocenters. The van der Waals surface area contributed by atoms with Crippen LogP contribution in [0.3, 0.4) is 0 Å². The first-order valence-electron chi connectivity index (χ1n) is 6.28. The van der Waals surface area contributed by atoms with Gasteiger partial charge in [0.25, 0.3) is 0 Å². The number of carbonyl (C=O) groups excluding carboxylic acids is 1. The van der Waals surface area contributed by atoms with Crippen molar-refractivity contribution in [1.82, 2.24) is 14.5 Å². The van der Waals surface area contributed by atoms with Gasteiger partial charge < -0.3 is 9.30 Å². The molecule has 0 saturated heterocycles. The van der Waals surface area contributed by atoms with E-state index in [0.29, 0.717) is 18.1 Å². The van der Waals surface area contributed by atoms with Crippen molar-refractivity contribution < 1.29 is 9.53 Å². The molecule has 0 amide bonds. The van der Waals surface area contributed by atoms with Gasteiger partial charge in [-0.3, -0.25) is 4.79 Å². The Balaban J connectivity index is 2.09. The fraction of sp³-hybridized carbons (Fsp3) is 0.357. The number of hydrogen-bond acceptors (Lipinski definition) is 4. The summed E-state index contributed by atoms with van der Waals surface area (Å²) >= 11 is 0. The smallest absolute Gasteiger partial charge is 0.212 e. The van der Waals surface area contributed by atoms with Crippen LogP contribution in [0, 0.1) is 0 Å². The lowest BCUT2D eigenvalue weighted by molar-refractivity contribution is 0.0978. The van der Waals surface area contributed by atoms with Crippen molar-refractivity contribution >= 4 is 5.78 Å². The number of methoxy groups -OCH3 is 1. The van der Waals surface area contributed by atoms with Crippen molar-refractivity contribution in [3.05, 3.63) is 42.1 Å². The molecule has 0 bridgehead atoms. The van der Waals surface area contributed by atoms with Crippen molar-refractivity contribution in [2.24, 2.45) is 0 Å². The van der Waals surface area contributed by atoms with Crippen LogP contribution < -0.4 is 4.74 Å². The van der Waals surface area contributed by atoms with E-state index in [1.165, 1.54) is 0 Å². The Bertz CT molecular complexity index is 546. The second kappa shape index (κ2) is 6.13. The standard InChI is InChI=1S/C14H17N3O2/c1-3-7-17-8-6-15-14(17)12(18)9-11-4-5-13(19-2)16-10-11/h4-6,8,10H,3,7,9H2,1-2H3. The molecule has 2 heterocycles. The average Bonchev–Trinajstić information content (AvgIpc) is 2.88. The number of imidazole rings is 1. The molecule has 2 aromatic rings. The van der Waals surface area contributed by atoms with Crippen LogP contribution in [0.2, 0.25) is 0 Å². The normalized spacial score (nSPS) is 10.4. The van der Waals surface area contributed by atoms with Crippen molar-refractivity contribution in [3.8, 4) is 5.88 Å². The molecule has 5 heteroatoms. The fourth-order valence-electron chi connectivity index (χ4n) is 1.88. The highest BCUT2D eigenvalue weighted by molar-refractivity contribution is 5.94. The first-order chi connectivity index (χ1) is 9.24. The molecule has 0 spiro atoms. The minimum absolute atomic E-state index is 0.00502. The lowest BCUT2D eigenvalue weighted by Crippen LogP contribution is -2.12. The molecule has 0 unspecified atom stereocenters. The monoisotopic (exact) mass is 259 g/mol. The minimum Gasteiger partial charge on any atom is -0.481 e. The van der Waals surface area contributed by atoms with Gasteiger partial charge in [-0.2, -0.15) is 0 Å². The minimum atomic E-state index is 0.00502. The number of aromatic nitrogens is 3. The third-order valence-corrected chi connectivity index (χ3v) is 2.80. The molecule has 100 valence electrons. The van der Waals surface area contributed by atoms with Gasteiger partial charge in [-0.15, -0.1) is 0 Å². The molecule has 0 aliphatic rings. The molecule has 0 aromatic carbocycles. The molecule has 0 aliphatic carbocycles. The molecule has 5 nitrogen and oxygen atoms in total. The summed E-state index contributed by atoms with van der Waals surface area (Å²) < 4.78 is 6.87. The summed E-state index contributed by atoms with van der Waals surface area (Å²) in [6.45, 7) is 2.88. The molecular weight excluding hydrogens is 242 g/mol. The lowest BCUT2D eigenvalue weighted by Gasteiger charge is -2.05. The maximum atomic E-state index is 12.2. The van der Waals surface area contributed by atoms with Crippen LogP contribution >= 0.6 is 0 Å². The van der Waals surface area contributed by atoms with Gasteiger partial charge in [0.2, 0.25) is 11.7 Å². The van der Waals surface area contributed by atoms with E-state index in [-0.39, 0.29) is 5.78 Å². The van der Waals surface area contributed by atoms with E-state index in [4.69, 9.17) is 4.74 Å². The molecule has 0 fully saturated rings. The number of nitrogens with zero attached hydrogens (tertiary/aromatic N) is 3. The Morgan fingerprint density at radius 3 is 2.84 bits per heavy atom. The maximum Gasteiger partial charge on any atom is 0.212 e. The van der Waals surface area contributed by atoms with E-state index in [2.05, 4.69) is 16.9 Å². The van der Waals surface area contributed by atoms with Gasteiger partial charge in [0.05, 0.1) is 7.11 Å². The van der Waals surface area contributed by atoms with Gasteiger partial charge in [0, 0.05) is 37.6 Å². The van der Waals surface area contributed by atoms with Crippen molar-refractivity contribution in [2.45, 2.75) is 26.3 Å².